The normalized spacial score (nSPS) is 15.5. The first kappa shape index (κ1) is 26.6. The zero-order chi connectivity index (χ0) is 26.7. The van der Waals surface area contributed by atoms with Gasteiger partial charge in [-0.05, 0) is 80.3 Å². The summed E-state index contributed by atoms with van der Waals surface area (Å²) in [6.45, 7) is 1.75. The molecule has 0 aromatic heterocycles. The van der Waals surface area contributed by atoms with E-state index in [9.17, 15) is 26.3 Å². The standard InChI is InChI=1S/C29H27F6NO/c1-3-37-23-15-13-21(27(33)29(23)35)20-11-10-18(24(30)26(20)32)9-6-16-4-7-17(8-5-16)19-12-14-22(36-2)28(34)25(19)31/h7,10-16,36H,3-6,8-9H2,1-2H3. The lowest BCUT2D eigenvalue weighted by molar-refractivity contribution is 0.314. The Balaban J connectivity index is 1.45. The van der Waals surface area contributed by atoms with Crippen LogP contribution in [-0.2, 0) is 6.42 Å². The summed E-state index contributed by atoms with van der Waals surface area (Å²) in [5.41, 5.74) is 0.424. The van der Waals surface area contributed by atoms with Gasteiger partial charge in [-0.3, -0.25) is 0 Å². The van der Waals surface area contributed by atoms with Crippen molar-refractivity contribution in [2.24, 2.45) is 5.92 Å². The average Bonchev–Trinajstić information content (AvgIpc) is 2.90. The summed E-state index contributed by atoms with van der Waals surface area (Å²) in [6.07, 6.45) is 4.51. The summed E-state index contributed by atoms with van der Waals surface area (Å²) in [4.78, 5) is 0. The molecule has 0 bridgehead atoms. The predicted octanol–water partition coefficient (Wildman–Crippen LogP) is 8.44. The number of ether oxygens (including phenoxy) is 1. The van der Waals surface area contributed by atoms with Crippen molar-refractivity contribution in [3.8, 4) is 16.9 Å². The van der Waals surface area contributed by atoms with Crippen LogP contribution in [0, 0.1) is 40.8 Å². The molecule has 0 radical (unpaired) electrons. The third kappa shape index (κ3) is 5.33. The molecule has 37 heavy (non-hydrogen) atoms. The predicted molar refractivity (Wildman–Crippen MR) is 132 cm³/mol. The largest absolute Gasteiger partial charge is 0.491 e. The maximum absolute atomic E-state index is 14.9. The highest BCUT2D eigenvalue weighted by Crippen LogP contribution is 2.37. The molecule has 0 saturated carbocycles. The van der Waals surface area contributed by atoms with Crippen LogP contribution in [0.5, 0.6) is 5.75 Å². The molecule has 1 unspecified atom stereocenters. The molecule has 1 atom stereocenters. The first-order valence-corrected chi connectivity index (χ1v) is 12.2. The molecule has 1 aliphatic carbocycles. The molecular formula is C29H27F6NO. The molecule has 8 heteroatoms. The van der Waals surface area contributed by atoms with Crippen LogP contribution >= 0.6 is 0 Å². The molecular weight excluding hydrogens is 492 g/mol. The summed E-state index contributed by atoms with van der Waals surface area (Å²) in [5, 5.41) is 2.61. The van der Waals surface area contributed by atoms with E-state index in [4.69, 9.17) is 4.74 Å². The highest BCUT2D eigenvalue weighted by Gasteiger charge is 2.23. The topological polar surface area (TPSA) is 21.3 Å². The van der Waals surface area contributed by atoms with Crippen LogP contribution in [-0.4, -0.2) is 13.7 Å². The number of hydrogen-bond acceptors (Lipinski definition) is 2. The van der Waals surface area contributed by atoms with Crippen LogP contribution in [0.2, 0.25) is 0 Å². The summed E-state index contributed by atoms with van der Waals surface area (Å²) in [7, 11) is 1.52. The van der Waals surface area contributed by atoms with Gasteiger partial charge in [-0.1, -0.05) is 18.2 Å². The molecule has 0 amide bonds. The molecule has 0 saturated heterocycles. The molecule has 3 aromatic rings. The van der Waals surface area contributed by atoms with Gasteiger partial charge in [0.05, 0.1) is 12.3 Å². The third-order valence-electron chi connectivity index (χ3n) is 6.84. The van der Waals surface area contributed by atoms with Crippen molar-refractivity contribution in [1.82, 2.24) is 0 Å². The second-order valence-corrected chi connectivity index (χ2v) is 9.02. The van der Waals surface area contributed by atoms with E-state index in [1.54, 1.807) is 13.0 Å². The Labute approximate surface area is 212 Å². The maximum atomic E-state index is 14.9. The molecule has 3 aromatic carbocycles. The number of hydrogen-bond donors (Lipinski definition) is 1. The van der Waals surface area contributed by atoms with Gasteiger partial charge in [-0.15, -0.1) is 0 Å². The van der Waals surface area contributed by atoms with E-state index < -0.39 is 34.9 Å². The molecule has 1 N–H and O–H groups in total. The lowest BCUT2D eigenvalue weighted by Crippen LogP contribution is -2.09. The van der Waals surface area contributed by atoms with Crippen molar-refractivity contribution in [2.75, 3.05) is 19.0 Å². The van der Waals surface area contributed by atoms with Gasteiger partial charge in [0.2, 0.25) is 5.82 Å². The van der Waals surface area contributed by atoms with E-state index in [2.05, 4.69) is 5.32 Å². The van der Waals surface area contributed by atoms with Crippen molar-refractivity contribution in [3.63, 3.8) is 0 Å². The molecule has 0 fully saturated rings. The van der Waals surface area contributed by atoms with Crippen molar-refractivity contribution in [1.29, 1.82) is 0 Å². The summed E-state index contributed by atoms with van der Waals surface area (Å²) in [5.74, 6) is -6.85. The molecule has 196 valence electrons. The smallest absolute Gasteiger partial charge is 0.201 e. The van der Waals surface area contributed by atoms with Crippen LogP contribution in [0.25, 0.3) is 16.7 Å². The molecule has 0 aliphatic heterocycles. The minimum Gasteiger partial charge on any atom is -0.491 e. The maximum Gasteiger partial charge on any atom is 0.201 e. The highest BCUT2D eigenvalue weighted by atomic mass is 19.2. The number of nitrogens with one attached hydrogen (secondary N) is 1. The van der Waals surface area contributed by atoms with Crippen molar-refractivity contribution in [3.05, 3.63) is 88.5 Å². The minimum absolute atomic E-state index is 0.0891. The third-order valence-corrected chi connectivity index (χ3v) is 6.84. The number of aryl methyl sites for hydroxylation is 1. The van der Waals surface area contributed by atoms with Gasteiger partial charge in [0, 0.05) is 23.7 Å². The number of anilines is 1. The Hall–Kier alpha value is -3.42. The van der Waals surface area contributed by atoms with E-state index in [1.807, 2.05) is 6.08 Å². The molecule has 1 aliphatic rings. The van der Waals surface area contributed by atoms with E-state index >= 15 is 0 Å². The van der Waals surface area contributed by atoms with E-state index in [-0.39, 0.29) is 52.6 Å². The Morgan fingerprint density at radius 2 is 1.43 bits per heavy atom. The Kier molecular flexibility index (Phi) is 8.15. The van der Waals surface area contributed by atoms with Crippen LogP contribution < -0.4 is 10.1 Å². The number of rotatable bonds is 8. The quantitative estimate of drug-likeness (QED) is 0.302. The van der Waals surface area contributed by atoms with Gasteiger partial charge in [0.1, 0.15) is 0 Å². The number of halogens is 6. The summed E-state index contributed by atoms with van der Waals surface area (Å²) >= 11 is 0. The first-order chi connectivity index (χ1) is 17.8. The Bertz CT molecular complexity index is 1340. The minimum atomic E-state index is -1.31. The summed E-state index contributed by atoms with van der Waals surface area (Å²) in [6, 6.07) is 8.02. The van der Waals surface area contributed by atoms with Crippen LogP contribution in [0.1, 0.15) is 43.7 Å². The zero-order valence-electron chi connectivity index (χ0n) is 20.5. The van der Waals surface area contributed by atoms with Crippen LogP contribution in [0.3, 0.4) is 0 Å². The van der Waals surface area contributed by atoms with Gasteiger partial charge < -0.3 is 10.1 Å². The van der Waals surface area contributed by atoms with Crippen molar-refractivity contribution < 1.29 is 31.1 Å². The monoisotopic (exact) mass is 519 g/mol. The van der Waals surface area contributed by atoms with Crippen molar-refractivity contribution in [2.45, 2.75) is 39.0 Å². The lowest BCUT2D eigenvalue weighted by atomic mass is 9.83. The highest BCUT2D eigenvalue weighted by molar-refractivity contribution is 5.69. The van der Waals surface area contributed by atoms with Crippen LogP contribution in [0.15, 0.2) is 42.5 Å². The SMILES string of the molecule is CCOc1ccc(-c2ccc(CCC3CC=C(c4ccc(NC)c(F)c4F)CC3)c(F)c2F)c(F)c1F. The Morgan fingerprint density at radius 3 is 2.08 bits per heavy atom. The van der Waals surface area contributed by atoms with Gasteiger partial charge in [-0.25, -0.2) is 22.0 Å². The van der Waals surface area contributed by atoms with E-state index in [0.29, 0.717) is 25.7 Å². The molecule has 2 nitrogen and oxygen atoms in total. The number of allylic oxidation sites excluding steroid dienone is 2. The molecule has 0 heterocycles. The molecule has 0 spiro atoms. The average molecular weight is 520 g/mol. The van der Waals surface area contributed by atoms with Gasteiger partial charge in [-0.2, -0.15) is 4.39 Å². The fourth-order valence-electron chi connectivity index (χ4n) is 4.74. The molecule has 4 rings (SSSR count). The fraction of sp³-hybridized carbons (Fsp3) is 0.310. The summed E-state index contributed by atoms with van der Waals surface area (Å²) < 4.78 is 92.0. The fourth-order valence-corrected chi connectivity index (χ4v) is 4.74. The first-order valence-electron chi connectivity index (χ1n) is 12.2. The van der Waals surface area contributed by atoms with Gasteiger partial charge in [0.15, 0.2) is 34.8 Å². The zero-order valence-corrected chi connectivity index (χ0v) is 20.5. The van der Waals surface area contributed by atoms with E-state index in [1.165, 1.54) is 31.3 Å². The second-order valence-electron chi connectivity index (χ2n) is 9.02. The van der Waals surface area contributed by atoms with Gasteiger partial charge >= 0.3 is 0 Å². The lowest BCUT2D eigenvalue weighted by Gasteiger charge is -2.23. The Morgan fingerprint density at radius 1 is 0.784 bits per heavy atom. The van der Waals surface area contributed by atoms with E-state index in [0.717, 1.165) is 11.6 Å². The second kappa shape index (κ2) is 11.3. The van der Waals surface area contributed by atoms with Crippen molar-refractivity contribution >= 4 is 11.3 Å². The van der Waals surface area contributed by atoms with Gasteiger partial charge in [0.25, 0.3) is 0 Å². The number of benzene rings is 3. The van der Waals surface area contributed by atoms with Crippen LogP contribution in [0.4, 0.5) is 32.0 Å².